The molecule has 0 aliphatic heterocycles. The molecule has 0 aromatic heterocycles. The number of halogens is 1. The standard InChI is InChI=1S/C14H22FNO/c1-4-7-12(17)10-16(3)11(2)13-8-5-6-9-14(13)15/h5-6,8-9,11-12,17H,4,7,10H2,1-3H3. The van der Waals surface area contributed by atoms with Gasteiger partial charge in [-0.3, -0.25) is 4.90 Å². The highest BCUT2D eigenvalue weighted by Crippen LogP contribution is 2.21. The van der Waals surface area contributed by atoms with Crippen LogP contribution in [0.25, 0.3) is 0 Å². The largest absolute Gasteiger partial charge is 0.392 e. The summed E-state index contributed by atoms with van der Waals surface area (Å²) in [4.78, 5) is 1.98. The minimum atomic E-state index is -0.334. The molecule has 1 N–H and O–H groups in total. The smallest absolute Gasteiger partial charge is 0.127 e. The SMILES string of the molecule is CCCC(O)CN(C)C(C)c1ccccc1F. The van der Waals surface area contributed by atoms with E-state index in [2.05, 4.69) is 0 Å². The lowest BCUT2D eigenvalue weighted by Crippen LogP contribution is -2.31. The van der Waals surface area contributed by atoms with Crippen molar-refractivity contribution >= 4 is 0 Å². The van der Waals surface area contributed by atoms with E-state index in [4.69, 9.17) is 0 Å². The fourth-order valence-corrected chi connectivity index (χ4v) is 1.97. The van der Waals surface area contributed by atoms with Crippen LogP contribution in [-0.2, 0) is 0 Å². The molecule has 0 fully saturated rings. The topological polar surface area (TPSA) is 23.5 Å². The third-order valence-corrected chi connectivity index (χ3v) is 3.14. The number of aliphatic hydroxyl groups is 1. The Labute approximate surface area is 103 Å². The summed E-state index contributed by atoms with van der Waals surface area (Å²) in [5.41, 5.74) is 0.679. The number of likely N-dealkylation sites (N-methyl/N-ethyl adjacent to an activating group) is 1. The van der Waals surface area contributed by atoms with Crippen LogP contribution in [0.2, 0.25) is 0 Å². The quantitative estimate of drug-likeness (QED) is 0.825. The summed E-state index contributed by atoms with van der Waals surface area (Å²) in [6.45, 7) is 4.57. The van der Waals surface area contributed by atoms with Crippen molar-refractivity contribution < 1.29 is 9.50 Å². The van der Waals surface area contributed by atoms with E-state index in [1.54, 1.807) is 12.1 Å². The second-order valence-corrected chi connectivity index (χ2v) is 4.58. The van der Waals surface area contributed by atoms with Crippen molar-refractivity contribution in [2.75, 3.05) is 13.6 Å². The second kappa shape index (κ2) is 6.72. The zero-order valence-corrected chi connectivity index (χ0v) is 10.9. The van der Waals surface area contributed by atoms with Crippen LogP contribution in [0.15, 0.2) is 24.3 Å². The average molecular weight is 239 g/mol. The van der Waals surface area contributed by atoms with E-state index in [0.29, 0.717) is 12.1 Å². The molecule has 0 aliphatic rings. The van der Waals surface area contributed by atoms with E-state index >= 15 is 0 Å². The lowest BCUT2D eigenvalue weighted by atomic mass is 10.1. The Morgan fingerprint density at radius 1 is 1.35 bits per heavy atom. The average Bonchev–Trinajstić information content (AvgIpc) is 2.29. The summed E-state index contributed by atoms with van der Waals surface area (Å²) in [5.74, 6) is -0.183. The Morgan fingerprint density at radius 3 is 2.59 bits per heavy atom. The lowest BCUT2D eigenvalue weighted by molar-refractivity contribution is 0.0995. The molecule has 0 heterocycles. The van der Waals surface area contributed by atoms with Gasteiger partial charge in [-0.05, 0) is 26.5 Å². The van der Waals surface area contributed by atoms with E-state index in [1.807, 2.05) is 31.9 Å². The van der Waals surface area contributed by atoms with E-state index in [0.717, 1.165) is 12.8 Å². The van der Waals surface area contributed by atoms with Crippen molar-refractivity contribution in [2.24, 2.45) is 0 Å². The maximum atomic E-state index is 13.6. The van der Waals surface area contributed by atoms with E-state index < -0.39 is 0 Å². The maximum absolute atomic E-state index is 13.6. The third-order valence-electron chi connectivity index (χ3n) is 3.14. The molecule has 2 atom stereocenters. The van der Waals surface area contributed by atoms with Crippen molar-refractivity contribution in [3.63, 3.8) is 0 Å². The molecule has 17 heavy (non-hydrogen) atoms. The van der Waals surface area contributed by atoms with Crippen LogP contribution in [0.4, 0.5) is 4.39 Å². The van der Waals surface area contributed by atoms with Crippen LogP contribution < -0.4 is 0 Å². The molecule has 0 spiro atoms. The first kappa shape index (κ1) is 14.1. The van der Waals surface area contributed by atoms with Crippen LogP contribution in [0.1, 0.15) is 38.3 Å². The molecule has 96 valence electrons. The van der Waals surface area contributed by atoms with Crippen molar-refractivity contribution in [2.45, 2.75) is 38.8 Å². The minimum Gasteiger partial charge on any atom is -0.392 e. The van der Waals surface area contributed by atoms with Gasteiger partial charge in [-0.15, -0.1) is 0 Å². The summed E-state index contributed by atoms with van der Waals surface area (Å²) in [6, 6.07) is 6.77. The van der Waals surface area contributed by atoms with Crippen LogP contribution in [0, 0.1) is 5.82 Å². The highest BCUT2D eigenvalue weighted by molar-refractivity contribution is 5.20. The predicted molar refractivity (Wildman–Crippen MR) is 68.4 cm³/mol. The Morgan fingerprint density at radius 2 is 2.00 bits per heavy atom. The fourth-order valence-electron chi connectivity index (χ4n) is 1.97. The first-order chi connectivity index (χ1) is 8.06. The molecule has 2 nitrogen and oxygen atoms in total. The van der Waals surface area contributed by atoms with Gasteiger partial charge in [-0.25, -0.2) is 4.39 Å². The van der Waals surface area contributed by atoms with E-state index in [-0.39, 0.29) is 18.0 Å². The van der Waals surface area contributed by atoms with Crippen LogP contribution in [0.3, 0.4) is 0 Å². The third kappa shape index (κ3) is 4.10. The van der Waals surface area contributed by atoms with Gasteiger partial charge in [0.25, 0.3) is 0 Å². The van der Waals surface area contributed by atoms with Crippen LogP contribution in [-0.4, -0.2) is 29.7 Å². The van der Waals surface area contributed by atoms with Gasteiger partial charge in [0.2, 0.25) is 0 Å². The van der Waals surface area contributed by atoms with Crippen molar-refractivity contribution in [1.29, 1.82) is 0 Å². The number of benzene rings is 1. The summed E-state index contributed by atoms with van der Waals surface area (Å²) >= 11 is 0. The zero-order valence-electron chi connectivity index (χ0n) is 10.9. The summed E-state index contributed by atoms with van der Waals surface area (Å²) in [5, 5.41) is 9.75. The maximum Gasteiger partial charge on any atom is 0.127 e. The summed E-state index contributed by atoms with van der Waals surface area (Å²) in [6.07, 6.45) is 1.41. The van der Waals surface area contributed by atoms with Gasteiger partial charge in [0, 0.05) is 18.2 Å². The number of hydrogen-bond donors (Lipinski definition) is 1. The molecule has 0 amide bonds. The predicted octanol–water partition coefficient (Wildman–Crippen LogP) is 2.98. The van der Waals surface area contributed by atoms with E-state index in [1.165, 1.54) is 6.07 Å². The highest BCUT2D eigenvalue weighted by Gasteiger charge is 2.17. The molecule has 0 aliphatic carbocycles. The molecule has 1 aromatic rings. The minimum absolute atomic E-state index is 0.0253. The molecule has 1 aromatic carbocycles. The molecule has 0 bridgehead atoms. The Hall–Kier alpha value is -0.930. The van der Waals surface area contributed by atoms with Crippen LogP contribution >= 0.6 is 0 Å². The highest BCUT2D eigenvalue weighted by atomic mass is 19.1. The zero-order chi connectivity index (χ0) is 12.8. The molecule has 0 radical (unpaired) electrons. The molecular weight excluding hydrogens is 217 g/mol. The van der Waals surface area contributed by atoms with Gasteiger partial charge < -0.3 is 5.11 Å². The Kier molecular flexibility index (Phi) is 5.59. The summed E-state index contributed by atoms with van der Waals surface area (Å²) in [7, 11) is 1.91. The summed E-state index contributed by atoms with van der Waals surface area (Å²) < 4.78 is 13.6. The van der Waals surface area contributed by atoms with Crippen molar-refractivity contribution in [1.82, 2.24) is 4.90 Å². The number of rotatable bonds is 6. The van der Waals surface area contributed by atoms with Gasteiger partial charge >= 0.3 is 0 Å². The first-order valence-corrected chi connectivity index (χ1v) is 6.19. The molecule has 0 saturated heterocycles. The van der Waals surface area contributed by atoms with Crippen molar-refractivity contribution in [3.05, 3.63) is 35.6 Å². The molecule has 0 saturated carbocycles. The number of nitrogens with zero attached hydrogens (tertiary/aromatic N) is 1. The Balaban J connectivity index is 2.63. The van der Waals surface area contributed by atoms with Gasteiger partial charge in [-0.1, -0.05) is 31.5 Å². The normalized spacial score (nSPS) is 14.9. The molecule has 3 heteroatoms. The fraction of sp³-hybridized carbons (Fsp3) is 0.571. The molecule has 1 rings (SSSR count). The van der Waals surface area contributed by atoms with Crippen molar-refractivity contribution in [3.8, 4) is 0 Å². The Bertz CT molecular complexity index is 343. The number of aliphatic hydroxyl groups excluding tert-OH is 1. The van der Waals surface area contributed by atoms with Gasteiger partial charge in [-0.2, -0.15) is 0 Å². The van der Waals surface area contributed by atoms with Crippen LogP contribution in [0.5, 0.6) is 0 Å². The lowest BCUT2D eigenvalue weighted by Gasteiger charge is -2.27. The van der Waals surface area contributed by atoms with E-state index in [9.17, 15) is 9.50 Å². The van der Waals surface area contributed by atoms with Gasteiger partial charge in [0.1, 0.15) is 5.82 Å². The van der Waals surface area contributed by atoms with Gasteiger partial charge in [0.05, 0.1) is 6.10 Å². The molecular formula is C14H22FNO. The molecule has 2 unspecified atom stereocenters. The number of hydrogen-bond acceptors (Lipinski definition) is 2. The monoisotopic (exact) mass is 239 g/mol. The second-order valence-electron chi connectivity index (χ2n) is 4.58. The first-order valence-electron chi connectivity index (χ1n) is 6.19. The van der Waals surface area contributed by atoms with Gasteiger partial charge in [0.15, 0.2) is 0 Å².